The normalized spacial score (nSPS) is 15.2. The van der Waals surface area contributed by atoms with Gasteiger partial charge in [0, 0.05) is 11.5 Å². The summed E-state index contributed by atoms with van der Waals surface area (Å²) in [6.07, 6.45) is 2.74. The molecule has 0 aromatic heterocycles. The number of carbonyl (C=O) groups excluding carboxylic acids is 1. The summed E-state index contributed by atoms with van der Waals surface area (Å²) in [6.45, 7) is 16.3. The van der Waals surface area contributed by atoms with Gasteiger partial charge in [-0.1, -0.05) is 20.1 Å². The third kappa shape index (κ3) is 5.64. The fourth-order valence-electron chi connectivity index (χ4n) is 2.38. The zero-order valence-corrected chi connectivity index (χ0v) is 14.0. The van der Waals surface area contributed by atoms with E-state index < -0.39 is 22.6 Å². The van der Waals surface area contributed by atoms with Crippen LogP contribution in [0, 0.1) is 5.41 Å². The van der Waals surface area contributed by atoms with E-state index in [1.807, 2.05) is 6.92 Å². The molecule has 2 N–H and O–H groups in total. The van der Waals surface area contributed by atoms with Crippen molar-refractivity contribution in [2.75, 3.05) is 6.61 Å². The molecule has 0 bridgehead atoms. The number of hydrogen-bond acceptors (Lipinski definition) is 4. The van der Waals surface area contributed by atoms with Crippen molar-refractivity contribution in [3.63, 3.8) is 0 Å². The van der Waals surface area contributed by atoms with Gasteiger partial charge in [-0.3, -0.25) is 0 Å². The molecule has 4 heteroatoms. The Labute approximate surface area is 128 Å². The van der Waals surface area contributed by atoms with Crippen molar-refractivity contribution in [3.05, 3.63) is 24.8 Å². The molecule has 0 rings (SSSR count). The van der Waals surface area contributed by atoms with E-state index in [1.165, 1.54) is 0 Å². The summed E-state index contributed by atoms with van der Waals surface area (Å²) >= 11 is 0. The van der Waals surface area contributed by atoms with E-state index in [2.05, 4.69) is 13.2 Å². The minimum atomic E-state index is -1.01. The summed E-state index contributed by atoms with van der Waals surface area (Å²) in [4.78, 5) is 11.2. The van der Waals surface area contributed by atoms with Gasteiger partial charge in [0.25, 0.3) is 0 Å². The van der Waals surface area contributed by atoms with Crippen molar-refractivity contribution in [1.29, 1.82) is 0 Å². The first-order chi connectivity index (χ1) is 9.39. The van der Waals surface area contributed by atoms with Crippen LogP contribution in [0.4, 0.5) is 0 Å². The predicted octanol–water partition coefficient (Wildman–Crippen LogP) is 2.99. The van der Waals surface area contributed by atoms with E-state index in [1.54, 1.807) is 27.7 Å². The number of aliphatic hydroxyl groups is 2. The van der Waals surface area contributed by atoms with Crippen LogP contribution >= 0.6 is 0 Å². The Hall–Kier alpha value is -1.13. The molecule has 122 valence electrons. The van der Waals surface area contributed by atoms with Crippen LogP contribution in [0.1, 0.15) is 53.9 Å². The Kier molecular flexibility index (Phi) is 6.84. The van der Waals surface area contributed by atoms with Gasteiger partial charge in [-0.25, -0.2) is 4.79 Å². The topological polar surface area (TPSA) is 66.8 Å². The average Bonchev–Trinajstić information content (AvgIpc) is 2.34. The van der Waals surface area contributed by atoms with Crippen LogP contribution in [0.2, 0.25) is 0 Å². The first-order valence-electron chi connectivity index (χ1n) is 7.32. The quantitative estimate of drug-likeness (QED) is 0.390. The molecule has 4 nitrogen and oxygen atoms in total. The van der Waals surface area contributed by atoms with Crippen LogP contribution in [0.25, 0.3) is 0 Å². The molecule has 0 aromatic carbocycles. The van der Waals surface area contributed by atoms with Gasteiger partial charge in [0.1, 0.15) is 0 Å². The van der Waals surface area contributed by atoms with Gasteiger partial charge in [-0.15, -0.1) is 0 Å². The van der Waals surface area contributed by atoms with Gasteiger partial charge < -0.3 is 14.9 Å². The molecule has 0 aliphatic carbocycles. The van der Waals surface area contributed by atoms with Gasteiger partial charge in [-0.2, -0.15) is 0 Å². The van der Waals surface area contributed by atoms with E-state index in [0.717, 1.165) is 6.08 Å². The molecular weight excluding hydrogens is 268 g/mol. The maximum atomic E-state index is 11.2. The van der Waals surface area contributed by atoms with E-state index in [4.69, 9.17) is 4.74 Å². The van der Waals surface area contributed by atoms with Gasteiger partial charge in [-0.05, 0) is 52.5 Å². The van der Waals surface area contributed by atoms with Gasteiger partial charge in [0.2, 0.25) is 0 Å². The van der Waals surface area contributed by atoms with E-state index in [9.17, 15) is 15.0 Å². The smallest absolute Gasteiger partial charge is 0.330 e. The molecule has 0 aromatic rings. The summed E-state index contributed by atoms with van der Waals surface area (Å²) in [6, 6.07) is 0. The lowest BCUT2D eigenvalue weighted by atomic mass is 9.64. The zero-order valence-electron chi connectivity index (χ0n) is 14.0. The highest BCUT2D eigenvalue weighted by Crippen LogP contribution is 2.45. The number of hydrogen-bond donors (Lipinski definition) is 2. The van der Waals surface area contributed by atoms with Gasteiger partial charge in [0.15, 0.2) is 0 Å². The number of rotatable bonds is 9. The molecule has 0 heterocycles. The Bertz CT molecular complexity index is 385. The molecule has 1 unspecified atom stereocenters. The second-order valence-corrected chi connectivity index (χ2v) is 6.65. The Morgan fingerprint density at radius 2 is 1.76 bits per heavy atom. The zero-order chi connectivity index (χ0) is 16.9. The molecule has 1 atom stereocenters. The maximum Gasteiger partial charge on any atom is 0.330 e. The van der Waals surface area contributed by atoms with Crippen molar-refractivity contribution in [1.82, 2.24) is 0 Å². The minimum absolute atomic E-state index is 0.196. The summed E-state index contributed by atoms with van der Waals surface area (Å²) in [5.74, 6) is -0.475. The van der Waals surface area contributed by atoms with E-state index >= 15 is 0 Å². The monoisotopic (exact) mass is 298 g/mol. The molecule has 21 heavy (non-hydrogen) atoms. The van der Waals surface area contributed by atoms with Crippen LogP contribution < -0.4 is 0 Å². The first-order valence-corrected chi connectivity index (χ1v) is 7.32. The van der Waals surface area contributed by atoms with Crippen molar-refractivity contribution in [3.8, 4) is 0 Å². The standard InChI is InChI=1S/C17H30O4/c1-8-14(18)21-11-10-17(9-2,16(6,7)20)12-13(3)15(4,5)19/h8,19-20H,1,3,9-12H2,2,4-7H3. The third-order valence-electron chi connectivity index (χ3n) is 4.38. The molecule has 0 spiro atoms. The van der Waals surface area contributed by atoms with Gasteiger partial charge in [0.05, 0.1) is 17.8 Å². The number of carbonyl (C=O) groups is 1. The van der Waals surface area contributed by atoms with E-state index in [-0.39, 0.29) is 6.61 Å². The molecule has 0 saturated heterocycles. The lowest BCUT2D eigenvalue weighted by molar-refractivity contribution is -0.141. The van der Waals surface area contributed by atoms with Crippen LogP contribution in [0.5, 0.6) is 0 Å². The minimum Gasteiger partial charge on any atom is -0.463 e. The number of esters is 1. The van der Waals surface area contributed by atoms with Crippen molar-refractivity contribution in [2.24, 2.45) is 5.41 Å². The number of ether oxygens (including phenoxy) is 1. The summed E-state index contributed by atoms with van der Waals surface area (Å²) < 4.78 is 5.05. The van der Waals surface area contributed by atoms with Crippen LogP contribution in [-0.2, 0) is 9.53 Å². The summed E-state index contributed by atoms with van der Waals surface area (Å²) in [5.41, 5.74) is -1.87. The molecular formula is C17H30O4. The van der Waals surface area contributed by atoms with Crippen molar-refractivity contribution in [2.45, 2.75) is 65.1 Å². The van der Waals surface area contributed by atoms with Crippen molar-refractivity contribution < 1.29 is 19.7 Å². The van der Waals surface area contributed by atoms with Crippen LogP contribution in [-0.4, -0.2) is 34.0 Å². The Balaban J connectivity index is 5.15. The molecule has 0 amide bonds. The van der Waals surface area contributed by atoms with Crippen molar-refractivity contribution >= 4 is 5.97 Å². The average molecular weight is 298 g/mol. The Morgan fingerprint density at radius 3 is 2.10 bits per heavy atom. The fourth-order valence-corrected chi connectivity index (χ4v) is 2.38. The highest BCUT2D eigenvalue weighted by atomic mass is 16.5. The molecule has 0 radical (unpaired) electrons. The van der Waals surface area contributed by atoms with E-state index in [0.29, 0.717) is 24.8 Å². The SMILES string of the molecule is C=CC(=O)OCCC(CC)(CC(=C)C(C)(C)O)C(C)(C)O. The van der Waals surface area contributed by atoms with Crippen LogP contribution in [0.15, 0.2) is 24.8 Å². The molecule has 0 saturated carbocycles. The molecule has 0 aliphatic rings. The lowest BCUT2D eigenvalue weighted by Crippen LogP contribution is -2.45. The second kappa shape index (κ2) is 7.23. The molecule has 0 fully saturated rings. The van der Waals surface area contributed by atoms with Gasteiger partial charge >= 0.3 is 5.97 Å². The summed E-state index contributed by atoms with van der Waals surface area (Å²) in [5, 5.41) is 20.7. The highest BCUT2D eigenvalue weighted by Gasteiger charge is 2.43. The highest BCUT2D eigenvalue weighted by molar-refractivity contribution is 5.81. The molecule has 0 aliphatic heterocycles. The third-order valence-corrected chi connectivity index (χ3v) is 4.38. The second-order valence-electron chi connectivity index (χ2n) is 6.65. The maximum absolute atomic E-state index is 11.2. The fraction of sp³-hybridized carbons (Fsp3) is 0.706. The van der Waals surface area contributed by atoms with Crippen LogP contribution in [0.3, 0.4) is 0 Å². The summed E-state index contributed by atoms with van der Waals surface area (Å²) in [7, 11) is 0. The Morgan fingerprint density at radius 1 is 1.24 bits per heavy atom. The largest absolute Gasteiger partial charge is 0.463 e. The lowest BCUT2D eigenvalue weighted by Gasteiger charge is -2.45. The predicted molar refractivity (Wildman–Crippen MR) is 84.8 cm³/mol. The first kappa shape index (κ1) is 19.9.